The lowest BCUT2D eigenvalue weighted by molar-refractivity contribution is -0.116. The topological polar surface area (TPSA) is 145 Å². The maximum absolute atomic E-state index is 13.2. The lowest BCUT2D eigenvalue weighted by atomic mass is 10.2. The summed E-state index contributed by atoms with van der Waals surface area (Å²) in [7, 11) is 0. The lowest BCUT2D eigenvalue weighted by Crippen LogP contribution is -2.42. The molecule has 0 aliphatic heterocycles. The molecule has 3 N–H and O–H groups in total. The number of aryl methyl sites for hydroxylation is 1. The van der Waals surface area contributed by atoms with Gasteiger partial charge in [0.1, 0.15) is 5.82 Å². The summed E-state index contributed by atoms with van der Waals surface area (Å²) in [6, 6.07) is 7.65. The molecule has 11 nitrogen and oxygen atoms in total. The van der Waals surface area contributed by atoms with Crippen molar-refractivity contribution in [2.75, 3.05) is 22.9 Å². The number of carbonyl (C=O) groups is 1. The van der Waals surface area contributed by atoms with E-state index in [0.717, 1.165) is 17.7 Å². The highest BCUT2D eigenvalue weighted by Gasteiger charge is 2.24. The Morgan fingerprint density at radius 3 is 2.67 bits per heavy atom. The van der Waals surface area contributed by atoms with Gasteiger partial charge in [0.25, 0.3) is 5.56 Å². The number of anilines is 2. The van der Waals surface area contributed by atoms with E-state index in [1.165, 1.54) is 21.2 Å². The first-order chi connectivity index (χ1) is 15.9. The summed E-state index contributed by atoms with van der Waals surface area (Å²) in [5.74, 6) is -0.349. The van der Waals surface area contributed by atoms with E-state index in [1.807, 2.05) is 45.0 Å². The molecule has 0 bridgehead atoms. The first-order valence-electron chi connectivity index (χ1n) is 10.8. The van der Waals surface area contributed by atoms with E-state index < -0.39 is 11.2 Å². The SMILES string of the molecule is CCCCN(C(=O)CSc1nnnn1-c1ccccc1C)c1c(N)n(CCC)c(=O)[nH]c1=O. The minimum atomic E-state index is -0.677. The number of unbranched alkanes of at least 4 members (excludes halogenated alkanes) is 1. The molecule has 2 heterocycles. The molecule has 0 aliphatic rings. The van der Waals surface area contributed by atoms with Gasteiger partial charge in [-0.3, -0.25) is 19.1 Å². The van der Waals surface area contributed by atoms with Crippen LogP contribution in [-0.2, 0) is 11.3 Å². The Morgan fingerprint density at radius 1 is 1.21 bits per heavy atom. The molecule has 1 aromatic carbocycles. The van der Waals surface area contributed by atoms with Crippen molar-refractivity contribution in [2.24, 2.45) is 0 Å². The van der Waals surface area contributed by atoms with Crippen molar-refractivity contribution in [3.63, 3.8) is 0 Å². The van der Waals surface area contributed by atoms with Crippen LogP contribution in [0, 0.1) is 6.92 Å². The van der Waals surface area contributed by atoms with Crippen LogP contribution in [0.15, 0.2) is 39.0 Å². The van der Waals surface area contributed by atoms with E-state index in [9.17, 15) is 14.4 Å². The van der Waals surface area contributed by atoms with Gasteiger partial charge in [0.15, 0.2) is 5.69 Å². The van der Waals surface area contributed by atoms with Crippen molar-refractivity contribution in [2.45, 2.75) is 51.7 Å². The third-order valence-electron chi connectivity index (χ3n) is 5.08. The molecule has 0 radical (unpaired) electrons. The first kappa shape index (κ1) is 24.2. The molecule has 0 unspecified atom stereocenters. The van der Waals surface area contributed by atoms with Crippen LogP contribution in [0.2, 0.25) is 0 Å². The molecule has 33 heavy (non-hydrogen) atoms. The Labute approximate surface area is 195 Å². The molecule has 1 amide bonds. The number of benzene rings is 1. The van der Waals surface area contributed by atoms with Gasteiger partial charge in [0.2, 0.25) is 11.1 Å². The van der Waals surface area contributed by atoms with Crippen LogP contribution < -0.4 is 21.9 Å². The zero-order valence-electron chi connectivity index (χ0n) is 18.9. The van der Waals surface area contributed by atoms with Crippen LogP contribution in [0.5, 0.6) is 0 Å². The standard InChI is InChI=1S/C21H28N8O3S/c1-4-6-12-27(17-18(22)28(11-5-2)20(32)23-19(17)31)16(30)13-33-21-24-25-26-29(21)15-10-8-7-9-14(15)3/h7-10H,4-6,11-13,22H2,1-3H3,(H,23,31,32). The number of para-hydroxylation sites is 1. The Hall–Kier alpha value is -3.41. The van der Waals surface area contributed by atoms with Crippen LogP contribution in [-0.4, -0.2) is 48.0 Å². The fourth-order valence-electron chi connectivity index (χ4n) is 3.39. The van der Waals surface area contributed by atoms with Crippen LogP contribution in [0.4, 0.5) is 11.5 Å². The van der Waals surface area contributed by atoms with Gasteiger partial charge in [-0.05, 0) is 41.8 Å². The minimum Gasteiger partial charge on any atom is -0.383 e. The Kier molecular flexibility index (Phi) is 8.04. The number of H-pyrrole nitrogens is 1. The molecular formula is C21H28N8O3S. The van der Waals surface area contributed by atoms with Gasteiger partial charge in [0.05, 0.1) is 11.4 Å². The zero-order chi connectivity index (χ0) is 24.0. The van der Waals surface area contributed by atoms with Crippen molar-refractivity contribution in [3.8, 4) is 5.69 Å². The second-order valence-electron chi connectivity index (χ2n) is 7.49. The molecule has 2 aromatic heterocycles. The number of amides is 1. The summed E-state index contributed by atoms with van der Waals surface area (Å²) >= 11 is 1.17. The fourth-order valence-corrected chi connectivity index (χ4v) is 4.15. The molecule has 12 heteroatoms. The van der Waals surface area contributed by atoms with Gasteiger partial charge in [-0.1, -0.05) is 50.2 Å². The van der Waals surface area contributed by atoms with E-state index in [0.29, 0.717) is 31.1 Å². The molecular weight excluding hydrogens is 444 g/mol. The highest BCUT2D eigenvalue weighted by Crippen LogP contribution is 2.23. The monoisotopic (exact) mass is 472 g/mol. The van der Waals surface area contributed by atoms with E-state index in [1.54, 1.807) is 4.68 Å². The normalized spacial score (nSPS) is 11.0. The van der Waals surface area contributed by atoms with Crippen molar-refractivity contribution in [1.29, 1.82) is 0 Å². The van der Waals surface area contributed by atoms with E-state index in [-0.39, 0.29) is 23.2 Å². The maximum Gasteiger partial charge on any atom is 0.330 e. The third kappa shape index (κ3) is 5.33. The number of carbonyl (C=O) groups excluding carboxylic acids is 1. The number of nitrogens with two attached hydrogens (primary N) is 1. The average molecular weight is 473 g/mol. The average Bonchev–Trinajstić information content (AvgIpc) is 3.25. The Bertz CT molecular complexity index is 1230. The van der Waals surface area contributed by atoms with Gasteiger partial charge >= 0.3 is 5.69 Å². The summed E-state index contributed by atoms with van der Waals surface area (Å²) in [6.07, 6.45) is 2.13. The number of hydrogen-bond donors (Lipinski definition) is 2. The molecule has 0 fully saturated rings. The van der Waals surface area contributed by atoms with Crippen LogP contribution >= 0.6 is 11.8 Å². The maximum atomic E-state index is 13.2. The minimum absolute atomic E-state index is 0.000552. The third-order valence-corrected chi connectivity index (χ3v) is 5.98. The predicted molar refractivity (Wildman–Crippen MR) is 128 cm³/mol. The Balaban J connectivity index is 1.89. The molecule has 0 spiro atoms. The van der Waals surface area contributed by atoms with Crippen molar-refractivity contribution in [1.82, 2.24) is 29.8 Å². The first-order valence-corrected chi connectivity index (χ1v) is 11.8. The molecule has 3 aromatic rings. The molecule has 0 atom stereocenters. The van der Waals surface area contributed by atoms with Gasteiger partial charge in [-0.25, -0.2) is 4.79 Å². The number of nitrogen functional groups attached to an aromatic ring is 1. The van der Waals surface area contributed by atoms with Crippen molar-refractivity contribution in [3.05, 3.63) is 50.7 Å². The number of tetrazole rings is 1. The summed E-state index contributed by atoms with van der Waals surface area (Å²) in [5, 5.41) is 12.3. The van der Waals surface area contributed by atoms with E-state index in [4.69, 9.17) is 5.73 Å². The number of nitrogens with zero attached hydrogens (tertiary/aromatic N) is 6. The Morgan fingerprint density at radius 2 is 1.97 bits per heavy atom. The smallest absolute Gasteiger partial charge is 0.330 e. The largest absolute Gasteiger partial charge is 0.383 e. The highest BCUT2D eigenvalue weighted by atomic mass is 32.2. The van der Waals surface area contributed by atoms with E-state index >= 15 is 0 Å². The predicted octanol–water partition coefficient (Wildman–Crippen LogP) is 1.74. The number of aromatic amines is 1. The number of rotatable bonds is 10. The van der Waals surface area contributed by atoms with Gasteiger partial charge in [-0.2, -0.15) is 4.68 Å². The highest BCUT2D eigenvalue weighted by molar-refractivity contribution is 7.99. The van der Waals surface area contributed by atoms with Crippen molar-refractivity contribution >= 4 is 29.2 Å². The lowest BCUT2D eigenvalue weighted by Gasteiger charge is -2.24. The molecule has 176 valence electrons. The molecule has 3 rings (SSSR count). The number of thioether (sulfide) groups is 1. The number of nitrogens with one attached hydrogen (secondary N) is 1. The second kappa shape index (κ2) is 10.9. The van der Waals surface area contributed by atoms with Crippen LogP contribution in [0.3, 0.4) is 0 Å². The second-order valence-corrected chi connectivity index (χ2v) is 8.43. The summed E-state index contributed by atoms with van der Waals surface area (Å²) in [5.41, 5.74) is 6.73. The van der Waals surface area contributed by atoms with Crippen LogP contribution in [0.1, 0.15) is 38.7 Å². The summed E-state index contributed by atoms with van der Waals surface area (Å²) < 4.78 is 2.86. The van der Waals surface area contributed by atoms with Crippen LogP contribution in [0.25, 0.3) is 5.69 Å². The quantitative estimate of drug-likeness (QED) is 0.425. The van der Waals surface area contributed by atoms with E-state index in [2.05, 4.69) is 20.5 Å². The number of aromatic nitrogens is 6. The fraction of sp³-hybridized carbons (Fsp3) is 0.429. The zero-order valence-corrected chi connectivity index (χ0v) is 19.8. The summed E-state index contributed by atoms with van der Waals surface area (Å²) in [4.78, 5) is 41.7. The summed E-state index contributed by atoms with van der Waals surface area (Å²) in [6.45, 7) is 6.47. The number of hydrogen-bond acceptors (Lipinski definition) is 8. The van der Waals surface area contributed by atoms with Gasteiger partial charge < -0.3 is 10.6 Å². The molecule has 0 aliphatic carbocycles. The molecule has 0 saturated heterocycles. The molecule has 0 saturated carbocycles. The van der Waals surface area contributed by atoms with Gasteiger partial charge in [0, 0.05) is 13.1 Å². The van der Waals surface area contributed by atoms with Gasteiger partial charge in [-0.15, -0.1) is 5.10 Å². The van der Waals surface area contributed by atoms with Crippen molar-refractivity contribution < 1.29 is 4.79 Å².